The van der Waals surface area contributed by atoms with Crippen molar-refractivity contribution in [3.8, 4) is 0 Å². The summed E-state index contributed by atoms with van der Waals surface area (Å²) in [5, 5.41) is 14.7. The molecule has 5 N–H and O–H groups in total. The molecular weight excluding hydrogens is 262 g/mol. The van der Waals surface area contributed by atoms with Gasteiger partial charge in [-0.3, -0.25) is 9.59 Å². The number of nitrogens with two attached hydrogens (primary N) is 1. The summed E-state index contributed by atoms with van der Waals surface area (Å²) in [5.41, 5.74) is 4.48. The number of carboxylic acid groups (broad SMARTS) is 1. The van der Waals surface area contributed by atoms with Gasteiger partial charge in [0.1, 0.15) is 6.04 Å². The molecule has 1 saturated heterocycles. The number of aliphatic carboxylic acids is 1. The molecule has 0 radical (unpaired) electrons. The third kappa shape index (κ3) is 4.19. The van der Waals surface area contributed by atoms with Crippen molar-refractivity contribution < 1.29 is 19.5 Å². The van der Waals surface area contributed by atoms with E-state index in [0.29, 0.717) is 19.3 Å². The molecule has 1 atom stereocenters. The molecule has 1 heterocycles. The lowest BCUT2D eigenvalue weighted by molar-refractivity contribution is -0.145. The van der Waals surface area contributed by atoms with Gasteiger partial charge in [0, 0.05) is 0 Å². The highest BCUT2D eigenvalue weighted by molar-refractivity contribution is 5.90. The second kappa shape index (κ2) is 7.23. The van der Waals surface area contributed by atoms with E-state index >= 15 is 0 Å². The molecule has 1 fully saturated rings. The average molecular weight is 285 g/mol. The van der Waals surface area contributed by atoms with Crippen molar-refractivity contribution in [2.45, 2.75) is 45.1 Å². The topological polar surface area (TPSA) is 122 Å². The summed E-state index contributed by atoms with van der Waals surface area (Å²) < 4.78 is 0. The Morgan fingerprint density at radius 1 is 1.35 bits per heavy atom. The summed E-state index contributed by atoms with van der Waals surface area (Å²) in [6, 6.07) is -1.25. The van der Waals surface area contributed by atoms with Gasteiger partial charge in [0.2, 0.25) is 11.8 Å². The molecule has 0 unspecified atom stereocenters. The number of carbonyl (C=O) groups is 3. The van der Waals surface area contributed by atoms with Crippen LogP contribution in [-0.4, -0.2) is 42.0 Å². The Morgan fingerprint density at radius 2 is 1.95 bits per heavy atom. The molecule has 2 amide bonds. The molecule has 1 aliphatic rings. The van der Waals surface area contributed by atoms with Gasteiger partial charge >= 0.3 is 5.97 Å². The Hall–Kier alpha value is -1.63. The van der Waals surface area contributed by atoms with Crippen LogP contribution in [-0.2, 0) is 14.4 Å². The lowest BCUT2D eigenvalue weighted by Gasteiger charge is -2.36. The van der Waals surface area contributed by atoms with E-state index in [1.807, 2.05) is 6.92 Å². The second-order valence-corrected chi connectivity index (χ2v) is 5.32. The maximum atomic E-state index is 12.5. The number of carboxylic acids is 1. The highest BCUT2D eigenvalue weighted by Crippen LogP contribution is 2.34. The van der Waals surface area contributed by atoms with Crippen LogP contribution < -0.4 is 16.4 Å². The molecule has 0 aromatic carbocycles. The first-order valence-corrected chi connectivity index (χ1v) is 6.94. The number of piperidine rings is 1. The van der Waals surface area contributed by atoms with Crippen molar-refractivity contribution in [2.75, 3.05) is 13.1 Å². The maximum absolute atomic E-state index is 12.5. The van der Waals surface area contributed by atoms with Crippen LogP contribution in [0, 0.1) is 5.41 Å². The van der Waals surface area contributed by atoms with E-state index in [-0.39, 0.29) is 12.3 Å². The van der Waals surface area contributed by atoms with E-state index in [0.717, 1.165) is 19.5 Å². The molecule has 7 nitrogen and oxygen atoms in total. The van der Waals surface area contributed by atoms with E-state index in [4.69, 9.17) is 10.8 Å². The number of carbonyl (C=O) groups excluding carboxylic acids is 2. The number of hydrogen-bond acceptors (Lipinski definition) is 4. The molecule has 0 saturated carbocycles. The standard InChI is InChI=1S/C13H23N3O4/c1-2-3-13(4-6-15-7-5-13)12(20)16-9(11(18)19)8-10(14)17/h9,15H,2-8H2,1H3,(H2,14,17)(H,16,20)(H,18,19)/t9-/m1/s1. The summed E-state index contributed by atoms with van der Waals surface area (Å²) in [6.07, 6.45) is 2.52. The largest absolute Gasteiger partial charge is 0.480 e. The quantitative estimate of drug-likeness (QED) is 0.507. The fraction of sp³-hybridized carbons (Fsp3) is 0.769. The zero-order valence-corrected chi connectivity index (χ0v) is 11.8. The van der Waals surface area contributed by atoms with Crippen molar-refractivity contribution in [2.24, 2.45) is 11.1 Å². The van der Waals surface area contributed by atoms with E-state index < -0.39 is 23.3 Å². The number of amides is 2. The van der Waals surface area contributed by atoms with Crippen LogP contribution in [0.4, 0.5) is 0 Å². The van der Waals surface area contributed by atoms with Gasteiger partial charge in [-0.2, -0.15) is 0 Å². The van der Waals surface area contributed by atoms with Gasteiger partial charge in [-0.25, -0.2) is 4.79 Å². The molecule has 0 aromatic rings. The Morgan fingerprint density at radius 3 is 2.40 bits per heavy atom. The molecule has 0 spiro atoms. The summed E-state index contributed by atoms with van der Waals surface area (Å²) in [7, 11) is 0. The fourth-order valence-corrected chi connectivity index (χ4v) is 2.69. The first-order valence-electron chi connectivity index (χ1n) is 6.94. The summed E-state index contributed by atoms with van der Waals surface area (Å²) in [5.74, 6) is -2.26. The van der Waals surface area contributed by atoms with Crippen LogP contribution in [0.2, 0.25) is 0 Å². The van der Waals surface area contributed by atoms with Gasteiger partial charge < -0.3 is 21.5 Å². The zero-order valence-electron chi connectivity index (χ0n) is 11.8. The highest BCUT2D eigenvalue weighted by Gasteiger charge is 2.40. The molecule has 0 aromatic heterocycles. The van der Waals surface area contributed by atoms with Gasteiger partial charge in [-0.05, 0) is 32.4 Å². The van der Waals surface area contributed by atoms with Crippen LogP contribution in [0.15, 0.2) is 0 Å². The molecule has 0 aliphatic carbocycles. The van der Waals surface area contributed by atoms with Crippen LogP contribution in [0.5, 0.6) is 0 Å². The SMILES string of the molecule is CCCC1(C(=O)N[C@H](CC(N)=O)C(=O)O)CCNCC1. The summed E-state index contributed by atoms with van der Waals surface area (Å²) in [4.78, 5) is 34.4. The molecule has 0 bridgehead atoms. The molecule has 7 heteroatoms. The monoisotopic (exact) mass is 285 g/mol. The van der Waals surface area contributed by atoms with Crippen LogP contribution in [0.25, 0.3) is 0 Å². The van der Waals surface area contributed by atoms with Crippen LogP contribution in [0.3, 0.4) is 0 Å². The molecular formula is C13H23N3O4. The molecule has 114 valence electrons. The van der Waals surface area contributed by atoms with Gasteiger partial charge in [0.15, 0.2) is 0 Å². The van der Waals surface area contributed by atoms with Crippen LogP contribution >= 0.6 is 0 Å². The van der Waals surface area contributed by atoms with Gasteiger partial charge in [0.05, 0.1) is 11.8 Å². The van der Waals surface area contributed by atoms with E-state index in [9.17, 15) is 14.4 Å². The predicted octanol–water partition coefficient (Wildman–Crippen LogP) is -0.399. The first-order chi connectivity index (χ1) is 9.41. The number of nitrogens with one attached hydrogen (secondary N) is 2. The van der Waals surface area contributed by atoms with Crippen molar-refractivity contribution in [3.63, 3.8) is 0 Å². The second-order valence-electron chi connectivity index (χ2n) is 5.32. The zero-order chi connectivity index (χ0) is 15.2. The minimum Gasteiger partial charge on any atom is -0.480 e. The lowest BCUT2D eigenvalue weighted by Crippen LogP contribution is -2.52. The van der Waals surface area contributed by atoms with Crippen molar-refractivity contribution in [3.05, 3.63) is 0 Å². The number of hydrogen-bond donors (Lipinski definition) is 4. The van der Waals surface area contributed by atoms with Crippen LogP contribution in [0.1, 0.15) is 39.0 Å². The summed E-state index contributed by atoms with van der Waals surface area (Å²) in [6.45, 7) is 3.47. The maximum Gasteiger partial charge on any atom is 0.326 e. The highest BCUT2D eigenvalue weighted by atomic mass is 16.4. The smallest absolute Gasteiger partial charge is 0.326 e. The number of rotatable bonds is 7. The number of primary amides is 1. The summed E-state index contributed by atoms with van der Waals surface area (Å²) >= 11 is 0. The van der Waals surface area contributed by atoms with Crippen molar-refractivity contribution >= 4 is 17.8 Å². The van der Waals surface area contributed by atoms with E-state index in [2.05, 4.69) is 10.6 Å². The molecule has 20 heavy (non-hydrogen) atoms. The average Bonchev–Trinajstić information content (AvgIpc) is 2.38. The Labute approximate surface area is 118 Å². The van der Waals surface area contributed by atoms with Gasteiger partial charge in [-0.1, -0.05) is 13.3 Å². The van der Waals surface area contributed by atoms with Crippen molar-refractivity contribution in [1.29, 1.82) is 0 Å². The first kappa shape index (κ1) is 16.4. The molecule has 1 rings (SSSR count). The normalized spacial score (nSPS) is 19.1. The minimum atomic E-state index is -1.25. The van der Waals surface area contributed by atoms with Gasteiger partial charge in [0.25, 0.3) is 0 Å². The van der Waals surface area contributed by atoms with E-state index in [1.165, 1.54) is 0 Å². The predicted molar refractivity (Wildman–Crippen MR) is 72.8 cm³/mol. The Kier molecular flexibility index (Phi) is 5.94. The van der Waals surface area contributed by atoms with Gasteiger partial charge in [-0.15, -0.1) is 0 Å². The lowest BCUT2D eigenvalue weighted by atomic mass is 9.74. The third-order valence-electron chi connectivity index (χ3n) is 3.78. The Balaban J connectivity index is 2.78. The fourth-order valence-electron chi connectivity index (χ4n) is 2.69. The van der Waals surface area contributed by atoms with Crippen molar-refractivity contribution in [1.82, 2.24) is 10.6 Å². The minimum absolute atomic E-state index is 0.283. The molecule has 1 aliphatic heterocycles. The Bertz CT molecular complexity index is 372. The van der Waals surface area contributed by atoms with E-state index in [1.54, 1.807) is 0 Å². The third-order valence-corrected chi connectivity index (χ3v) is 3.78.